The molecule has 1 N–H and O–H groups in total. The van der Waals surface area contributed by atoms with Crippen molar-refractivity contribution in [2.75, 3.05) is 11.9 Å². The Kier molecular flexibility index (Phi) is 2.79. The molecule has 1 aliphatic heterocycles. The number of fused-ring (bicyclic) bond motifs is 1. The quantitative estimate of drug-likeness (QED) is 0.898. The van der Waals surface area contributed by atoms with Crippen molar-refractivity contribution in [2.45, 2.75) is 38.8 Å². The molecule has 0 saturated carbocycles. The number of aromatic nitrogens is 1. The summed E-state index contributed by atoms with van der Waals surface area (Å²) in [5.74, 6) is 0. The van der Waals surface area contributed by atoms with Gasteiger partial charge in [-0.25, -0.2) is 4.98 Å². The first-order valence-corrected chi connectivity index (χ1v) is 7.15. The van der Waals surface area contributed by atoms with E-state index in [9.17, 15) is 0 Å². The summed E-state index contributed by atoms with van der Waals surface area (Å²) in [4.78, 5) is 4.67. The number of hydrogen-bond acceptors (Lipinski definition) is 4. The smallest absolute Gasteiger partial charge is 0.184 e. The van der Waals surface area contributed by atoms with Crippen LogP contribution in [0.15, 0.2) is 18.2 Å². The fourth-order valence-corrected chi connectivity index (χ4v) is 3.32. The van der Waals surface area contributed by atoms with Gasteiger partial charge in [0.15, 0.2) is 5.13 Å². The van der Waals surface area contributed by atoms with E-state index in [4.69, 9.17) is 4.74 Å². The summed E-state index contributed by atoms with van der Waals surface area (Å²) >= 11 is 1.72. The van der Waals surface area contributed by atoms with Gasteiger partial charge in [-0.05, 0) is 44.9 Å². The lowest BCUT2D eigenvalue weighted by molar-refractivity contribution is 0.105. The molecule has 2 atom stereocenters. The van der Waals surface area contributed by atoms with E-state index in [1.807, 2.05) is 0 Å². The molecular formula is C14H18N2OS. The minimum atomic E-state index is 0.00290. The second kappa shape index (κ2) is 4.21. The predicted molar refractivity (Wildman–Crippen MR) is 76.4 cm³/mol. The van der Waals surface area contributed by atoms with Gasteiger partial charge in [-0.15, -0.1) is 0 Å². The van der Waals surface area contributed by atoms with Crippen molar-refractivity contribution in [2.24, 2.45) is 0 Å². The average molecular weight is 262 g/mol. The zero-order chi connectivity index (χ0) is 12.8. The van der Waals surface area contributed by atoms with Crippen LogP contribution in [0.4, 0.5) is 5.13 Å². The van der Waals surface area contributed by atoms with Gasteiger partial charge in [-0.2, -0.15) is 0 Å². The standard InChI is InChI=1S/C14H18N2OS/c1-9-4-5-12-11(8-9)15-13(18-12)16-14(3)6-7-17-10(14)2/h4-5,8,10H,6-7H2,1-3H3,(H,15,16). The van der Waals surface area contributed by atoms with Crippen LogP contribution in [-0.4, -0.2) is 23.2 Å². The Bertz CT molecular complexity index is 580. The summed E-state index contributed by atoms with van der Waals surface area (Å²) in [6.07, 6.45) is 1.26. The van der Waals surface area contributed by atoms with Crippen LogP contribution >= 0.6 is 11.3 Å². The molecule has 3 rings (SSSR count). The van der Waals surface area contributed by atoms with Gasteiger partial charge in [0.25, 0.3) is 0 Å². The van der Waals surface area contributed by atoms with Crippen LogP contribution in [-0.2, 0) is 4.74 Å². The molecule has 1 aromatic heterocycles. The maximum atomic E-state index is 5.65. The lowest BCUT2D eigenvalue weighted by Gasteiger charge is -2.28. The zero-order valence-corrected chi connectivity index (χ0v) is 11.8. The molecule has 0 bridgehead atoms. The maximum Gasteiger partial charge on any atom is 0.184 e. The highest BCUT2D eigenvalue weighted by Crippen LogP contribution is 2.33. The van der Waals surface area contributed by atoms with Gasteiger partial charge in [0.1, 0.15) is 0 Å². The van der Waals surface area contributed by atoms with Crippen molar-refractivity contribution in [1.82, 2.24) is 4.98 Å². The third-order valence-corrected chi connectivity index (χ3v) is 4.77. The number of rotatable bonds is 2. The van der Waals surface area contributed by atoms with Crippen LogP contribution in [0.2, 0.25) is 0 Å². The fourth-order valence-electron chi connectivity index (χ4n) is 2.33. The molecule has 1 saturated heterocycles. The number of ether oxygens (including phenoxy) is 1. The minimum absolute atomic E-state index is 0.00290. The highest BCUT2D eigenvalue weighted by atomic mass is 32.1. The minimum Gasteiger partial charge on any atom is -0.376 e. The third kappa shape index (κ3) is 1.99. The van der Waals surface area contributed by atoms with E-state index >= 15 is 0 Å². The highest BCUT2D eigenvalue weighted by molar-refractivity contribution is 7.22. The van der Waals surface area contributed by atoms with Gasteiger partial charge in [-0.3, -0.25) is 0 Å². The van der Waals surface area contributed by atoms with Gasteiger partial charge in [0.2, 0.25) is 0 Å². The molecule has 2 unspecified atom stereocenters. The number of hydrogen-bond donors (Lipinski definition) is 1. The van der Waals surface area contributed by atoms with Crippen LogP contribution < -0.4 is 5.32 Å². The fraction of sp³-hybridized carbons (Fsp3) is 0.500. The molecule has 0 radical (unpaired) electrons. The van der Waals surface area contributed by atoms with Crippen LogP contribution in [0.25, 0.3) is 10.2 Å². The van der Waals surface area contributed by atoms with Crippen LogP contribution in [0.1, 0.15) is 25.8 Å². The number of nitrogens with zero attached hydrogens (tertiary/aromatic N) is 1. The number of aryl methyl sites for hydroxylation is 1. The van der Waals surface area contributed by atoms with Crippen molar-refractivity contribution < 1.29 is 4.74 Å². The average Bonchev–Trinajstić information content (AvgIpc) is 2.83. The Morgan fingerprint density at radius 2 is 2.33 bits per heavy atom. The summed E-state index contributed by atoms with van der Waals surface area (Å²) in [5, 5.41) is 4.55. The first-order chi connectivity index (χ1) is 8.57. The molecule has 18 heavy (non-hydrogen) atoms. The van der Waals surface area contributed by atoms with Crippen molar-refractivity contribution in [3.05, 3.63) is 23.8 Å². The molecule has 1 aromatic carbocycles. The van der Waals surface area contributed by atoms with E-state index in [2.05, 4.69) is 49.3 Å². The first kappa shape index (κ1) is 11.9. The second-order valence-corrected chi connectivity index (χ2v) is 6.33. The summed E-state index contributed by atoms with van der Waals surface area (Å²) in [6, 6.07) is 6.41. The van der Waals surface area contributed by atoms with Crippen molar-refractivity contribution >= 4 is 26.7 Å². The Labute approximate surface area is 111 Å². The van der Waals surface area contributed by atoms with Crippen molar-refractivity contribution in [3.63, 3.8) is 0 Å². The summed E-state index contributed by atoms with van der Waals surface area (Å²) < 4.78 is 6.88. The molecule has 2 aromatic rings. The largest absolute Gasteiger partial charge is 0.376 e. The monoisotopic (exact) mass is 262 g/mol. The number of nitrogens with one attached hydrogen (secondary N) is 1. The lowest BCUT2D eigenvalue weighted by atomic mass is 9.95. The van der Waals surface area contributed by atoms with Gasteiger partial charge in [0.05, 0.1) is 21.9 Å². The molecule has 2 heterocycles. The van der Waals surface area contributed by atoms with E-state index in [0.717, 1.165) is 23.7 Å². The Balaban J connectivity index is 1.91. The molecule has 0 amide bonds. The van der Waals surface area contributed by atoms with Gasteiger partial charge in [0, 0.05) is 6.61 Å². The van der Waals surface area contributed by atoms with Crippen LogP contribution in [0.5, 0.6) is 0 Å². The van der Waals surface area contributed by atoms with E-state index in [1.165, 1.54) is 10.3 Å². The summed E-state index contributed by atoms with van der Waals surface area (Å²) in [5.41, 5.74) is 2.34. The molecule has 96 valence electrons. The highest BCUT2D eigenvalue weighted by Gasteiger charge is 2.37. The third-order valence-electron chi connectivity index (χ3n) is 3.82. The zero-order valence-electron chi connectivity index (χ0n) is 11.0. The summed E-state index contributed by atoms with van der Waals surface area (Å²) in [6.45, 7) is 7.26. The van der Waals surface area contributed by atoms with Gasteiger partial charge >= 0.3 is 0 Å². The molecule has 0 aliphatic carbocycles. The lowest BCUT2D eigenvalue weighted by Crippen LogP contribution is -2.41. The topological polar surface area (TPSA) is 34.1 Å². The van der Waals surface area contributed by atoms with Crippen molar-refractivity contribution in [1.29, 1.82) is 0 Å². The number of thiazole rings is 1. The number of anilines is 1. The molecule has 3 nitrogen and oxygen atoms in total. The molecule has 1 aliphatic rings. The molecule has 1 fully saturated rings. The van der Waals surface area contributed by atoms with Crippen LogP contribution in [0.3, 0.4) is 0 Å². The normalized spacial score (nSPS) is 27.8. The second-order valence-electron chi connectivity index (χ2n) is 5.30. The Hall–Kier alpha value is -1.13. The first-order valence-electron chi connectivity index (χ1n) is 6.34. The summed E-state index contributed by atoms with van der Waals surface area (Å²) in [7, 11) is 0. The number of benzene rings is 1. The SMILES string of the molecule is Cc1ccc2sc(NC3(C)CCOC3C)nc2c1. The van der Waals surface area contributed by atoms with Crippen LogP contribution in [0, 0.1) is 6.92 Å². The Morgan fingerprint density at radius 3 is 3.06 bits per heavy atom. The molecular weight excluding hydrogens is 244 g/mol. The molecule has 0 spiro atoms. The Morgan fingerprint density at radius 1 is 1.50 bits per heavy atom. The van der Waals surface area contributed by atoms with E-state index < -0.39 is 0 Å². The van der Waals surface area contributed by atoms with Gasteiger partial charge < -0.3 is 10.1 Å². The van der Waals surface area contributed by atoms with E-state index in [1.54, 1.807) is 11.3 Å². The van der Waals surface area contributed by atoms with E-state index in [-0.39, 0.29) is 11.6 Å². The maximum absolute atomic E-state index is 5.65. The van der Waals surface area contributed by atoms with E-state index in [0.29, 0.717) is 0 Å². The van der Waals surface area contributed by atoms with Gasteiger partial charge in [-0.1, -0.05) is 17.4 Å². The van der Waals surface area contributed by atoms with Crippen molar-refractivity contribution in [3.8, 4) is 0 Å². The predicted octanol–water partition coefficient (Wildman–Crippen LogP) is 3.58. The molecule has 4 heteroatoms.